The minimum absolute atomic E-state index is 0.0585. The highest BCUT2D eigenvalue weighted by Gasteiger charge is 2.26. The predicted octanol–water partition coefficient (Wildman–Crippen LogP) is 3.22. The summed E-state index contributed by atoms with van der Waals surface area (Å²) in [5, 5.41) is 0. The van der Waals surface area contributed by atoms with E-state index in [1.165, 1.54) is 0 Å². The molecule has 0 aliphatic carbocycles. The molecule has 0 aromatic carbocycles. The van der Waals surface area contributed by atoms with Crippen LogP contribution in [-0.4, -0.2) is 39.8 Å². The molecule has 0 aromatic heterocycles. The van der Waals surface area contributed by atoms with Gasteiger partial charge in [-0.25, -0.2) is 4.57 Å². The SMILES string of the molecule is O=P(OCCCF)(OCCCF)OCCCF. The van der Waals surface area contributed by atoms with Crippen LogP contribution in [0.3, 0.4) is 0 Å². The van der Waals surface area contributed by atoms with E-state index in [-0.39, 0.29) is 39.1 Å². The average molecular weight is 278 g/mol. The fourth-order valence-electron chi connectivity index (χ4n) is 0.805. The lowest BCUT2D eigenvalue weighted by Gasteiger charge is -2.17. The highest BCUT2D eigenvalue weighted by molar-refractivity contribution is 7.48. The van der Waals surface area contributed by atoms with E-state index in [1.807, 2.05) is 0 Å². The zero-order valence-electron chi connectivity index (χ0n) is 9.58. The highest BCUT2D eigenvalue weighted by atomic mass is 31.2. The van der Waals surface area contributed by atoms with Gasteiger partial charge in [0.15, 0.2) is 0 Å². The van der Waals surface area contributed by atoms with Crippen LogP contribution in [0.1, 0.15) is 19.3 Å². The van der Waals surface area contributed by atoms with Crippen LogP contribution in [0, 0.1) is 0 Å². The van der Waals surface area contributed by atoms with Crippen molar-refractivity contribution in [3.8, 4) is 0 Å². The standard InChI is InChI=1S/C9H18F3O4P/c10-4-1-7-14-17(13,15-8-2-5-11)16-9-3-6-12/h1-9H2. The Morgan fingerprint density at radius 3 is 1.24 bits per heavy atom. The average Bonchev–Trinajstić information content (AvgIpc) is 2.30. The first-order valence-electron chi connectivity index (χ1n) is 5.40. The van der Waals surface area contributed by atoms with Crippen molar-refractivity contribution in [1.82, 2.24) is 0 Å². The second kappa shape index (κ2) is 11.0. The molecular weight excluding hydrogens is 260 g/mol. The van der Waals surface area contributed by atoms with Crippen LogP contribution < -0.4 is 0 Å². The number of hydrogen-bond donors (Lipinski definition) is 0. The van der Waals surface area contributed by atoms with E-state index in [2.05, 4.69) is 0 Å². The topological polar surface area (TPSA) is 44.8 Å². The summed E-state index contributed by atoms with van der Waals surface area (Å²) in [5.41, 5.74) is 0. The molecule has 0 aromatic rings. The largest absolute Gasteiger partial charge is 0.474 e. The van der Waals surface area contributed by atoms with Gasteiger partial charge in [-0.2, -0.15) is 0 Å². The number of halogens is 3. The summed E-state index contributed by atoms with van der Waals surface area (Å²) in [4.78, 5) is 0. The second-order valence-electron chi connectivity index (χ2n) is 3.07. The number of rotatable bonds is 12. The molecule has 0 rings (SSSR count). The van der Waals surface area contributed by atoms with Crippen LogP contribution in [0.5, 0.6) is 0 Å². The van der Waals surface area contributed by atoms with Gasteiger partial charge in [-0.15, -0.1) is 0 Å². The van der Waals surface area contributed by atoms with Gasteiger partial charge in [0, 0.05) is 0 Å². The summed E-state index contributed by atoms with van der Waals surface area (Å²) in [5.74, 6) is 0. The van der Waals surface area contributed by atoms with Crippen molar-refractivity contribution in [1.29, 1.82) is 0 Å². The maximum absolute atomic E-state index is 11.8. The Balaban J connectivity index is 4.00. The number of alkyl halides is 3. The van der Waals surface area contributed by atoms with Gasteiger partial charge in [0.1, 0.15) is 0 Å². The third-order valence-corrected chi connectivity index (χ3v) is 3.08. The van der Waals surface area contributed by atoms with Gasteiger partial charge in [0.25, 0.3) is 0 Å². The van der Waals surface area contributed by atoms with Gasteiger partial charge in [-0.05, 0) is 19.3 Å². The van der Waals surface area contributed by atoms with E-state index in [4.69, 9.17) is 13.6 Å². The molecule has 0 spiro atoms. The van der Waals surface area contributed by atoms with Crippen LogP contribution >= 0.6 is 7.82 Å². The van der Waals surface area contributed by atoms with Crippen molar-refractivity contribution < 1.29 is 31.3 Å². The van der Waals surface area contributed by atoms with E-state index in [0.717, 1.165) is 0 Å². The van der Waals surface area contributed by atoms with E-state index < -0.39 is 27.8 Å². The van der Waals surface area contributed by atoms with Crippen LogP contribution in [0.25, 0.3) is 0 Å². The van der Waals surface area contributed by atoms with E-state index >= 15 is 0 Å². The Kier molecular flexibility index (Phi) is 11.0. The molecule has 0 aliphatic heterocycles. The maximum atomic E-state index is 11.8. The first-order valence-corrected chi connectivity index (χ1v) is 6.86. The zero-order valence-corrected chi connectivity index (χ0v) is 10.5. The minimum atomic E-state index is -3.81. The molecule has 104 valence electrons. The first kappa shape index (κ1) is 16.9. The van der Waals surface area contributed by atoms with Gasteiger partial charge in [0.2, 0.25) is 0 Å². The zero-order chi connectivity index (χ0) is 13.0. The summed E-state index contributed by atoms with van der Waals surface area (Å²) in [6, 6.07) is 0. The molecule has 0 amide bonds. The van der Waals surface area contributed by atoms with Gasteiger partial charge in [-0.3, -0.25) is 26.7 Å². The Morgan fingerprint density at radius 2 is 1.00 bits per heavy atom. The molecule has 0 N–H and O–H groups in total. The lowest BCUT2D eigenvalue weighted by Crippen LogP contribution is -2.05. The molecule has 0 bridgehead atoms. The second-order valence-corrected chi connectivity index (χ2v) is 4.74. The van der Waals surface area contributed by atoms with Gasteiger partial charge in [0.05, 0.1) is 39.8 Å². The summed E-state index contributed by atoms with van der Waals surface area (Å²) >= 11 is 0. The lowest BCUT2D eigenvalue weighted by molar-refractivity contribution is 0.106. The monoisotopic (exact) mass is 278 g/mol. The smallest absolute Gasteiger partial charge is 0.287 e. The Hall–Kier alpha value is -0.100. The molecule has 8 heteroatoms. The first-order chi connectivity index (χ1) is 8.18. The molecule has 0 aliphatic rings. The Bertz CT molecular complexity index is 185. The molecule has 0 heterocycles. The normalized spacial score (nSPS) is 11.9. The Morgan fingerprint density at radius 1 is 0.706 bits per heavy atom. The van der Waals surface area contributed by atoms with Crippen molar-refractivity contribution in [2.24, 2.45) is 0 Å². The molecule has 0 radical (unpaired) electrons. The lowest BCUT2D eigenvalue weighted by atomic mass is 10.5. The van der Waals surface area contributed by atoms with Crippen molar-refractivity contribution in [3.63, 3.8) is 0 Å². The number of phosphoric acid groups is 1. The summed E-state index contributed by atoms with van der Waals surface area (Å²) in [6.07, 6.45) is 0.175. The van der Waals surface area contributed by atoms with Gasteiger partial charge in [-0.1, -0.05) is 0 Å². The van der Waals surface area contributed by atoms with Gasteiger partial charge < -0.3 is 0 Å². The molecular formula is C9H18F3O4P. The maximum Gasteiger partial charge on any atom is 0.474 e. The number of phosphoric ester groups is 1. The van der Waals surface area contributed by atoms with Crippen LogP contribution in [0.15, 0.2) is 0 Å². The molecule has 0 saturated carbocycles. The highest BCUT2D eigenvalue weighted by Crippen LogP contribution is 2.49. The van der Waals surface area contributed by atoms with Crippen LogP contribution in [0.2, 0.25) is 0 Å². The molecule has 0 unspecified atom stereocenters. The van der Waals surface area contributed by atoms with E-state index in [1.54, 1.807) is 0 Å². The molecule has 0 atom stereocenters. The van der Waals surface area contributed by atoms with Crippen molar-refractivity contribution >= 4 is 7.82 Å². The number of hydrogen-bond acceptors (Lipinski definition) is 4. The minimum Gasteiger partial charge on any atom is -0.287 e. The molecule has 4 nitrogen and oxygen atoms in total. The molecule has 0 fully saturated rings. The van der Waals surface area contributed by atoms with Crippen LogP contribution in [0.4, 0.5) is 13.2 Å². The van der Waals surface area contributed by atoms with Crippen molar-refractivity contribution in [2.45, 2.75) is 19.3 Å². The fourth-order valence-corrected chi connectivity index (χ4v) is 2.09. The molecule has 17 heavy (non-hydrogen) atoms. The fraction of sp³-hybridized carbons (Fsp3) is 1.00. The van der Waals surface area contributed by atoms with Crippen molar-refractivity contribution in [3.05, 3.63) is 0 Å². The molecule has 0 saturated heterocycles. The van der Waals surface area contributed by atoms with Gasteiger partial charge >= 0.3 is 7.82 Å². The summed E-state index contributed by atoms with van der Waals surface area (Å²) in [7, 11) is -3.81. The summed E-state index contributed by atoms with van der Waals surface area (Å²) < 4.78 is 61.7. The van der Waals surface area contributed by atoms with E-state index in [0.29, 0.717) is 0 Å². The third-order valence-electron chi connectivity index (χ3n) is 1.58. The third kappa shape index (κ3) is 9.59. The predicted molar refractivity (Wildman–Crippen MR) is 57.2 cm³/mol. The summed E-state index contributed by atoms with van der Waals surface area (Å²) in [6.45, 7) is -2.23. The van der Waals surface area contributed by atoms with Crippen LogP contribution in [-0.2, 0) is 18.1 Å². The Labute approximate surface area is 99.0 Å². The van der Waals surface area contributed by atoms with Crippen molar-refractivity contribution in [2.75, 3.05) is 39.8 Å². The quantitative estimate of drug-likeness (QED) is 0.406. The van der Waals surface area contributed by atoms with E-state index in [9.17, 15) is 17.7 Å².